The Kier molecular flexibility index (Phi) is 4.68. The Labute approximate surface area is 161 Å². The summed E-state index contributed by atoms with van der Waals surface area (Å²) in [5, 5.41) is 10.9. The first-order chi connectivity index (χ1) is 13.5. The lowest BCUT2D eigenvalue weighted by Gasteiger charge is -2.17. The predicted molar refractivity (Wildman–Crippen MR) is 104 cm³/mol. The zero-order valence-corrected chi connectivity index (χ0v) is 15.8. The first-order valence-corrected chi connectivity index (χ1v) is 9.14. The number of ether oxygens (including phenoxy) is 1. The number of nitrogens with one attached hydrogen (secondary N) is 2. The van der Waals surface area contributed by atoms with E-state index in [0.29, 0.717) is 31.6 Å². The topological polar surface area (TPSA) is 98.1 Å². The van der Waals surface area contributed by atoms with E-state index in [9.17, 15) is 9.59 Å². The molecule has 2 amide bonds. The molecule has 3 heterocycles. The molecule has 1 aliphatic heterocycles. The van der Waals surface area contributed by atoms with Gasteiger partial charge in [-0.1, -0.05) is 0 Å². The zero-order valence-electron chi connectivity index (χ0n) is 15.8. The molecule has 8 nitrogen and oxygen atoms in total. The van der Waals surface area contributed by atoms with Crippen molar-refractivity contribution in [3.8, 4) is 5.75 Å². The summed E-state index contributed by atoms with van der Waals surface area (Å²) in [6, 6.07) is 7.39. The first-order valence-electron chi connectivity index (χ1n) is 9.14. The molecule has 144 valence electrons. The van der Waals surface area contributed by atoms with Crippen LogP contribution in [0.15, 0.2) is 30.5 Å². The van der Waals surface area contributed by atoms with Crippen molar-refractivity contribution in [1.29, 1.82) is 0 Å². The van der Waals surface area contributed by atoms with Crippen molar-refractivity contribution in [3.63, 3.8) is 0 Å². The van der Waals surface area contributed by atoms with Crippen molar-refractivity contribution in [2.24, 2.45) is 7.05 Å². The maximum absolute atomic E-state index is 12.4. The monoisotopic (exact) mass is 379 g/mol. The zero-order chi connectivity index (χ0) is 19.7. The fourth-order valence-corrected chi connectivity index (χ4v) is 3.32. The number of hydrogen-bond acceptors (Lipinski definition) is 5. The summed E-state index contributed by atoms with van der Waals surface area (Å²) in [4.78, 5) is 28.1. The minimum absolute atomic E-state index is 0.0398. The van der Waals surface area contributed by atoms with Gasteiger partial charge in [-0.2, -0.15) is 5.10 Å². The molecule has 1 aliphatic rings. The number of amides is 2. The predicted octanol–water partition coefficient (Wildman–Crippen LogP) is 1.97. The highest BCUT2D eigenvalue weighted by atomic mass is 16.5. The Morgan fingerprint density at radius 3 is 3.04 bits per heavy atom. The lowest BCUT2D eigenvalue weighted by atomic mass is 10.0. The largest absolute Gasteiger partial charge is 0.492 e. The second kappa shape index (κ2) is 7.30. The van der Waals surface area contributed by atoms with Crippen LogP contribution in [-0.2, 0) is 18.3 Å². The molecule has 2 N–H and O–H groups in total. The maximum atomic E-state index is 12.4. The number of aromatic nitrogens is 3. The summed E-state index contributed by atoms with van der Waals surface area (Å²) in [5.74, 6) is 0.561. The van der Waals surface area contributed by atoms with Gasteiger partial charge in [-0.25, -0.2) is 4.98 Å². The second-order valence-corrected chi connectivity index (χ2v) is 6.78. The number of nitrogens with zero attached hydrogens (tertiary/aromatic N) is 3. The number of carbonyl (C=O) groups excluding carboxylic acids is 2. The maximum Gasteiger partial charge on any atom is 0.252 e. The molecule has 3 aromatic rings. The highest BCUT2D eigenvalue weighted by Crippen LogP contribution is 2.26. The first kappa shape index (κ1) is 18.0. The van der Waals surface area contributed by atoms with Gasteiger partial charge in [0.2, 0.25) is 5.91 Å². The Morgan fingerprint density at radius 2 is 2.18 bits per heavy atom. The molecular weight excluding hydrogens is 358 g/mol. The molecule has 0 radical (unpaired) electrons. The van der Waals surface area contributed by atoms with Crippen LogP contribution in [-0.4, -0.2) is 39.7 Å². The van der Waals surface area contributed by atoms with E-state index in [1.54, 1.807) is 16.9 Å². The SMILES string of the molecule is Cc1nn(C)c2ncc(C(=O)NCCOc3ccc4c(c3)CCC(=O)N4)cc12. The summed E-state index contributed by atoms with van der Waals surface area (Å²) in [5.41, 5.74) is 3.98. The molecular formula is C20H21N5O3. The van der Waals surface area contributed by atoms with Crippen LogP contribution < -0.4 is 15.4 Å². The summed E-state index contributed by atoms with van der Waals surface area (Å²) in [7, 11) is 1.83. The van der Waals surface area contributed by atoms with E-state index in [1.165, 1.54) is 0 Å². The molecule has 0 fully saturated rings. The van der Waals surface area contributed by atoms with Gasteiger partial charge in [0.15, 0.2) is 5.65 Å². The number of fused-ring (bicyclic) bond motifs is 2. The van der Waals surface area contributed by atoms with Gasteiger partial charge in [0.05, 0.1) is 17.8 Å². The standard InChI is InChI=1S/C20H21N5O3/c1-12-16-10-14(11-22-19(16)25(2)24-12)20(27)21-7-8-28-15-4-5-17-13(9-15)3-6-18(26)23-17/h4-5,9-11H,3,6-8H2,1-2H3,(H,21,27)(H,23,26). The van der Waals surface area contributed by atoms with Crippen LogP contribution in [0, 0.1) is 6.92 Å². The number of anilines is 1. The number of aryl methyl sites for hydroxylation is 3. The van der Waals surface area contributed by atoms with E-state index >= 15 is 0 Å². The van der Waals surface area contributed by atoms with Crippen molar-refractivity contribution >= 4 is 28.5 Å². The van der Waals surface area contributed by atoms with E-state index in [1.807, 2.05) is 32.2 Å². The molecule has 2 aromatic heterocycles. The smallest absolute Gasteiger partial charge is 0.252 e. The Balaban J connectivity index is 1.32. The van der Waals surface area contributed by atoms with Gasteiger partial charge in [0.25, 0.3) is 5.91 Å². The summed E-state index contributed by atoms with van der Waals surface area (Å²) >= 11 is 0. The Hall–Kier alpha value is -3.42. The van der Waals surface area contributed by atoms with Gasteiger partial charge >= 0.3 is 0 Å². The van der Waals surface area contributed by atoms with Crippen molar-refractivity contribution in [2.75, 3.05) is 18.5 Å². The highest BCUT2D eigenvalue weighted by molar-refractivity contribution is 5.97. The van der Waals surface area contributed by atoms with Crippen LogP contribution in [0.5, 0.6) is 5.75 Å². The summed E-state index contributed by atoms with van der Waals surface area (Å²) in [6.07, 6.45) is 2.75. The quantitative estimate of drug-likeness (QED) is 0.661. The van der Waals surface area contributed by atoms with Crippen LogP contribution in [0.3, 0.4) is 0 Å². The minimum atomic E-state index is -0.200. The third-order valence-corrected chi connectivity index (χ3v) is 4.75. The minimum Gasteiger partial charge on any atom is -0.492 e. The number of rotatable bonds is 5. The molecule has 28 heavy (non-hydrogen) atoms. The van der Waals surface area contributed by atoms with Crippen molar-refractivity contribution in [3.05, 3.63) is 47.3 Å². The molecule has 0 saturated heterocycles. The molecule has 0 aliphatic carbocycles. The average molecular weight is 379 g/mol. The molecule has 4 rings (SSSR count). The van der Waals surface area contributed by atoms with E-state index < -0.39 is 0 Å². The van der Waals surface area contributed by atoms with Gasteiger partial charge in [0.1, 0.15) is 12.4 Å². The van der Waals surface area contributed by atoms with E-state index in [4.69, 9.17) is 4.74 Å². The number of carbonyl (C=O) groups is 2. The van der Waals surface area contributed by atoms with Crippen LogP contribution in [0.1, 0.15) is 28.0 Å². The normalized spacial score (nSPS) is 13.1. The van der Waals surface area contributed by atoms with E-state index in [0.717, 1.165) is 33.7 Å². The fourth-order valence-electron chi connectivity index (χ4n) is 3.32. The average Bonchev–Trinajstić information content (AvgIpc) is 2.98. The Morgan fingerprint density at radius 1 is 1.32 bits per heavy atom. The molecule has 0 bridgehead atoms. The molecule has 0 spiro atoms. The second-order valence-electron chi connectivity index (χ2n) is 6.78. The van der Waals surface area contributed by atoms with Gasteiger partial charge in [-0.05, 0) is 43.2 Å². The van der Waals surface area contributed by atoms with E-state index in [2.05, 4.69) is 20.7 Å². The number of hydrogen-bond donors (Lipinski definition) is 2. The van der Waals surface area contributed by atoms with E-state index in [-0.39, 0.29) is 11.8 Å². The molecule has 0 atom stereocenters. The molecule has 0 unspecified atom stereocenters. The number of pyridine rings is 1. The third-order valence-electron chi connectivity index (χ3n) is 4.75. The molecule has 8 heteroatoms. The fraction of sp³-hybridized carbons (Fsp3) is 0.300. The van der Waals surface area contributed by atoms with Crippen molar-refractivity contribution in [1.82, 2.24) is 20.1 Å². The Bertz CT molecular complexity index is 1070. The highest BCUT2D eigenvalue weighted by Gasteiger charge is 2.15. The van der Waals surface area contributed by atoms with Crippen LogP contribution >= 0.6 is 0 Å². The summed E-state index contributed by atoms with van der Waals surface area (Å²) in [6.45, 7) is 2.61. The van der Waals surface area contributed by atoms with Gasteiger partial charge in [0, 0.05) is 30.7 Å². The van der Waals surface area contributed by atoms with Gasteiger partial charge in [-0.15, -0.1) is 0 Å². The third kappa shape index (κ3) is 3.53. The van der Waals surface area contributed by atoms with Gasteiger partial charge in [-0.3, -0.25) is 14.3 Å². The van der Waals surface area contributed by atoms with Crippen LogP contribution in [0.25, 0.3) is 11.0 Å². The molecule has 1 aromatic carbocycles. The van der Waals surface area contributed by atoms with Crippen molar-refractivity contribution in [2.45, 2.75) is 19.8 Å². The number of benzene rings is 1. The molecule has 0 saturated carbocycles. The lowest BCUT2D eigenvalue weighted by molar-refractivity contribution is -0.116. The van der Waals surface area contributed by atoms with Gasteiger partial charge < -0.3 is 15.4 Å². The van der Waals surface area contributed by atoms with Crippen LogP contribution in [0.2, 0.25) is 0 Å². The van der Waals surface area contributed by atoms with Crippen LogP contribution in [0.4, 0.5) is 5.69 Å². The lowest BCUT2D eigenvalue weighted by Crippen LogP contribution is -2.28. The van der Waals surface area contributed by atoms with Crippen molar-refractivity contribution < 1.29 is 14.3 Å². The summed E-state index contributed by atoms with van der Waals surface area (Å²) < 4.78 is 7.42.